The number of nitrogens with zero attached hydrogens (tertiary/aromatic N) is 2. The highest BCUT2D eigenvalue weighted by Crippen LogP contribution is 2.24. The first-order chi connectivity index (χ1) is 11.0. The summed E-state index contributed by atoms with van der Waals surface area (Å²) in [7, 11) is 0. The van der Waals surface area contributed by atoms with E-state index in [9.17, 15) is 19.7 Å². The molecule has 1 aromatic carbocycles. The van der Waals surface area contributed by atoms with Crippen molar-refractivity contribution in [3.63, 3.8) is 0 Å². The fraction of sp³-hybridized carbons (Fsp3) is 0. The predicted molar refractivity (Wildman–Crippen MR) is 88.1 cm³/mol. The molecule has 0 unspecified atom stereocenters. The van der Waals surface area contributed by atoms with E-state index >= 15 is 0 Å². The molecule has 1 N–H and O–H groups in total. The number of nitro groups is 1. The van der Waals surface area contributed by atoms with E-state index in [0.717, 1.165) is 14.6 Å². The third-order valence-electron chi connectivity index (χ3n) is 3.06. The number of anilines is 1. The van der Waals surface area contributed by atoms with E-state index in [0.29, 0.717) is 5.69 Å². The first-order valence-electron chi connectivity index (χ1n) is 6.32. The van der Waals surface area contributed by atoms with Crippen molar-refractivity contribution >= 4 is 52.1 Å². The van der Waals surface area contributed by atoms with E-state index in [4.69, 9.17) is 4.42 Å². The second-order valence-electron chi connectivity index (χ2n) is 4.55. The Balaban J connectivity index is 1.90. The third-order valence-corrected chi connectivity index (χ3v) is 3.77. The summed E-state index contributed by atoms with van der Waals surface area (Å²) in [5, 5.41) is 11.7. The standard InChI is InChI=1S/C14H8IN3O5/c15-8-1-3-9(4-2-8)17-14(20)11(13(19)16-17)7-10-5-6-12(23-10)18(21)22/h1-7H,(H,16,19)/b11-7+. The first kappa shape index (κ1) is 15.2. The van der Waals surface area contributed by atoms with Crippen LogP contribution in [0.5, 0.6) is 0 Å². The molecule has 2 amide bonds. The van der Waals surface area contributed by atoms with Gasteiger partial charge in [-0.1, -0.05) is 0 Å². The first-order valence-corrected chi connectivity index (χ1v) is 7.40. The number of carbonyl (C=O) groups excluding carboxylic acids is 2. The van der Waals surface area contributed by atoms with E-state index in [1.165, 1.54) is 12.1 Å². The molecule has 2 aromatic rings. The van der Waals surface area contributed by atoms with Crippen LogP contribution in [0, 0.1) is 13.7 Å². The fourth-order valence-electron chi connectivity index (χ4n) is 1.99. The van der Waals surface area contributed by atoms with E-state index in [1.807, 2.05) is 0 Å². The number of benzene rings is 1. The van der Waals surface area contributed by atoms with Gasteiger partial charge in [-0.2, -0.15) is 0 Å². The topological polar surface area (TPSA) is 106 Å². The Morgan fingerprint density at radius 1 is 1.17 bits per heavy atom. The van der Waals surface area contributed by atoms with Gasteiger partial charge in [0, 0.05) is 3.57 Å². The van der Waals surface area contributed by atoms with Crippen molar-refractivity contribution in [2.24, 2.45) is 0 Å². The minimum absolute atomic E-state index is 0.0552. The zero-order valence-electron chi connectivity index (χ0n) is 11.4. The third kappa shape index (κ3) is 2.95. The quantitative estimate of drug-likeness (QED) is 0.267. The van der Waals surface area contributed by atoms with Gasteiger partial charge in [-0.05, 0) is 59.0 Å². The molecule has 0 bridgehead atoms. The van der Waals surface area contributed by atoms with Gasteiger partial charge >= 0.3 is 5.88 Å². The smallest absolute Gasteiger partial charge is 0.401 e. The Hall–Kier alpha value is -2.69. The molecule has 3 rings (SSSR count). The Bertz CT molecular complexity index is 840. The predicted octanol–water partition coefficient (Wildman–Crippen LogP) is 2.25. The minimum Gasteiger partial charge on any atom is -0.401 e. The summed E-state index contributed by atoms with van der Waals surface area (Å²) in [5.74, 6) is -1.57. The van der Waals surface area contributed by atoms with Crippen LogP contribution in [0.25, 0.3) is 6.08 Å². The molecular weight excluding hydrogens is 417 g/mol. The molecule has 0 atom stereocenters. The molecule has 0 radical (unpaired) electrons. The Morgan fingerprint density at radius 2 is 1.87 bits per heavy atom. The molecule has 9 heteroatoms. The van der Waals surface area contributed by atoms with Crippen LogP contribution in [-0.4, -0.2) is 16.7 Å². The molecule has 1 fully saturated rings. The molecule has 2 heterocycles. The average molecular weight is 425 g/mol. The number of furan rings is 1. The highest BCUT2D eigenvalue weighted by Gasteiger charge is 2.34. The number of carbonyl (C=O) groups is 2. The maximum Gasteiger partial charge on any atom is 0.433 e. The van der Waals surface area contributed by atoms with Crippen LogP contribution in [0.2, 0.25) is 0 Å². The number of nitrogens with one attached hydrogen (secondary N) is 1. The van der Waals surface area contributed by atoms with Crippen molar-refractivity contribution in [1.82, 2.24) is 5.43 Å². The number of hydrogen-bond donors (Lipinski definition) is 1. The molecule has 8 nitrogen and oxygen atoms in total. The lowest BCUT2D eigenvalue weighted by molar-refractivity contribution is -0.402. The molecule has 116 valence electrons. The molecule has 0 spiro atoms. The van der Waals surface area contributed by atoms with Crippen molar-refractivity contribution in [1.29, 1.82) is 0 Å². The van der Waals surface area contributed by atoms with Crippen molar-refractivity contribution in [2.75, 3.05) is 5.01 Å². The SMILES string of the molecule is O=C1NN(c2ccc(I)cc2)C(=O)/C1=C/c1ccc([N+](=O)[O-])o1. The van der Waals surface area contributed by atoms with E-state index in [1.54, 1.807) is 24.3 Å². The van der Waals surface area contributed by atoms with Gasteiger partial charge in [-0.15, -0.1) is 0 Å². The number of halogens is 1. The minimum atomic E-state index is -0.698. The maximum absolute atomic E-state index is 12.3. The molecule has 1 saturated heterocycles. The largest absolute Gasteiger partial charge is 0.433 e. The van der Waals surface area contributed by atoms with Crippen LogP contribution in [0.4, 0.5) is 11.6 Å². The molecule has 0 aliphatic carbocycles. The fourth-order valence-corrected chi connectivity index (χ4v) is 2.35. The molecule has 1 aliphatic heterocycles. The zero-order chi connectivity index (χ0) is 16.6. The maximum atomic E-state index is 12.3. The van der Waals surface area contributed by atoms with Gasteiger partial charge in [0.05, 0.1) is 11.8 Å². The number of hydrogen-bond acceptors (Lipinski definition) is 5. The number of hydrazine groups is 1. The van der Waals surface area contributed by atoms with Crippen molar-refractivity contribution in [2.45, 2.75) is 0 Å². The number of amides is 2. The summed E-state index contributed by atoms with van der Waals surface area (Å²) in [4.78, 5) is 34.2. The van der Waals surface area contributed by atoms with E-state index in [-0.39, 0.29) is 11.3 Å². The summed E-state index contributed by atoms with van der Waals surface area (Å²) in [6.45, 7) is 0. The molecule has 1 aliphatic rings. The van der Waals surface area contributed by atoms with Gasteiger partial charge in [0.2, 0.25) is 0 Å². The normalized spacial score (nSPS) is 16.0. The Morgan fingerprint density at radius 3 is 2.48 bits per heavy atom. The van der Waals surface area contributed by atoms with Crippen LogP contribution in [0.15, 0.2) is 46.4 Å². The zero-order valence-corrected chi connectivity index (χ0v) is 13.5. The van der Waals surface area contributed by atoms with Gasteiger partial charge < -0.3 is 4.42 Å². The van der Waals surface area contributed by atoms with E-state index in [2.05, 4.69) is 28.0 Å². The highest BCUT2D eigenvalue weighted by molar-refractivity contribution is 14.1. The second kappa shape index (κ2) is 5.83. The lowest BCUT2D eigenvalue weighted by atomic mass is 10.2. The molecule has 1 aromatic heterocycles. The van der Waals surface area contributed by atoms with Gasteiger partial charge in [0.1, 0.15) is 16.3 Å². The molecule has 0 saturated carbocycles. The van der Waals surface area contributed by atoms with Gasteiger partial charge in [0.15, 0.2) is 0 Å². The molecular formula is C14H8IN3O5. The van der Waals surface area contributed by atoms with Gasteiger partial charge in [-0.25, -0.2) is 5.01 Å². The Kier molecular flexibility index (Phi) is 3.86. The monoisotopic (exact) mass is 425 g/mol. The van der Waals surface area contributed by atoms with Gasteiger partial charge in [0.25, 0.3) is 11.8 Å². The van der Waals surface area contributed by atoms with Crippen molar-refractivity contribution in [3.05, 3.63) is 61.4 Å². The lowest BCUT2D eigenvalue weighted by Crippen LogP contribution is -2.35. The summed E-state index contributed by atoms with van der Waals surface area (Å²) in [6.07, 6.45) is 1.18. The van der Waals surface area contributed by atoms with Crippen LogP contribution in [0.1, 0.15) is 5.76 Å². The summed E-state index contributed by atoms with van der Waals surface area (Å²) >= 11 is 2.13. The summed E-state index contributed by atoms with van der Waals surface area (Å²) in [6, 6.07) is 9.46. The molecule has 23 heavy (non-hydrogen) atoms. The second-order valence-corrected chi connectivity index (χ2v) is 5.79. The van der Waals surface area contributed by atoms with Crippen molar-refractivity contribution < 1.29 is 18.9 Å². The van der Waals surface area contributed by atoms with Crippen LogP contribution in [-0.2, 0) is 9.59 Å². The average Bonchev–Trinajstić information content (AvgIpc) is 3.09. The summed E-state index contributed by atoms with van der Waals surface area (Å²) in [5.41, 5.74) is 2.79. The highest BCUT2D eigenvalue weighted by atomic mass is 127. The Labute approximate surface area is 143 Å². The van der Waals surface area contributed by atoms with Crippen LogP contribution >= 0.6 is 22.6 Å². The number of rotatable bonds is 3. The van der Waals surface area contributed by atoms with E-state index < -0.39 is 22.6 Å². The lowest BCUT2D eigenvalue weighted by Gasteiger charge is -2.14. The van der Waals surface area contributed by atoms with Crippen LogP contribution in [0.3, 0.4) is 0 Å². The van der Waals surface area contributed by atoms with Gasteiger partial charge in [-0.3, -0.25) is 25.1 Å². The van der Waals surface area contributed by atoms with Crippen molar-refractivity contribution in [3.8, 4) is 0 Å². The van der Waals surface area contributed by atoms with Crippen LogP contribution < -0.4 is 10.4 Å². The summed E-state index contributed by atoms with van der Waals surface area (Å²) < 4.78 is 5.92.